The normalized spacial score (nSPS) is 15.2. The number of halogens is 2. The van der Waals surface area contributed by atoms with E-state index in [1.165, 1.54) is 41.7 Å². The molecule has 0 saturated carbocycles. The summed E-state index contributed by atoms with van der Waals surface area (Å²) < 4.78 is 51.9. The molecule has 0 radical (unpaired) electrons. The number of amides is 1. The van der Waals surface area contributed by atoms with Crippen molar-refractivity contribution in [3.8, 4) is 5.75 Å². The molecule has 1 aliphatic rings. The molecule has 7 nitrogen and oxygen atoms in total. The fourth-order valence-corrected chi connectivity index (χ4v) is 4.51. The van der Waals surface area contributed by atoms with Crippen molar-refractivity contribution < 1.29 is 27.1 Å². The van der Waals surface area contributed by atoms with Crippen molar-refractivity contribution in [3.05, 3.63) is 52.3 Å². The Labute approximate surface area is 170 Å². The van der Waals surface area contributed by atoms with Gasteiger partial charge in [-0.25, -0.2) is 12.8 Å². The summed E-state index contributed by atoms with van der Waals surface area (Å²) in [6, 6.07) is 8.20. The molecule has 0 unspecified atom stereocenters. The molecule has 0 bridgehead atoms. The van der Waals surface area contributed by atoms with Crippen molar-refractivity contribution in [1.29, 1.82) is 0 Å². The van der Waals surface area contributed by atoms with E-state index in [4.69, 9.17) is 9.47 Å². The standard InChI is InChI=1S/C18H18BrFN2O5S/c1-26-17-5-3-13(28(24,25)22-6-8-27-9-7-22)11-14(17)18(23)21-16-4-2-12(19)10-15(16)20/h2-5,10-11H,6-9H2,1H3,(H,21,23). The van der Waals surface area contributed by atoms with Crippen LogP contribution in [0, 0.1) is 5.82 Å². The lowest BCUT2D eigenvalue weighted by atomic mass is 10.1. The van der Waals surface area contributed by atoms with Gasteiger partial charge >= 0.3 is 0 Å². The molecule has 1 amide bonds. The highest BCUT2D eigenvalue weighted by Gasteiger charge is 2.28. The average molecular weight is 473 g/mol. The molecule has 0 atom stereocenters. The van der Waals surface area contributed by atoms with Crippen LogP contribution in [-0.4, -0.2) is 52.0 Å². The summed E-state index contributed by atoms with van der Waals surface area (Å²) in [7, 11) is -2.43. The molecule has 0 aromatic heterocycles. The van der Waals surface area contributed by atoms with Gasteiger partial charge in [-0.2, -0.15) is 4.31 Å². The van der Waals surface area contributed by atoms with Crippen LogP contribution in [0.1, 0.15) is 10.4 Å². The topological polar surface area (TPSA) is 84.9 Å². The van der Waals surface area contributed by atoms with E-state index in [9.17, 15) is 17.6 Å². The summed E-state index contributed by atoms with van der Waals surface area (Å²) in [5, 5.41) is 2.44. The fourth-order valence-electron chi connectivity index (χ4n) is 2.74. The molecule has 1 N–H and O–H groups in total. The van der Waals surface area contributed by atoms with E-state index >= 15 is 0 Å². The highest BCUT2D eigenvalue weighted by atomic mass is 79.9. The Morgan fingerprint density at radius 3 is 2.57 bits per heavy atom. The second-order valence-electron chi connectivity index (χ2n) is 5.96. The molecule has 150 valence electrons. The van der Waals surface area contributed by atoms with Gasteiger partial charge in [-0.15, -0.1) is 0 Å². The SMILES string of the molecule is COc1ccc(S(=O)(=O)N2CCOCC2)cc1C(=O)Nc1ccc(Br)cc1F. The molecular weight excluding hydrogens is 455 g/mol. The second kappa shape index (κ2) is 8.56. The molecule has 2 aromatic carbocycles. The first kappa shape index (κ1) is 20.7. The number of rotatable bonds is 5. The number of nitrogens with zero attached hydrogens (tertiary/aromatic N) is 1. The van der Waals surface area contributed by atoms with Crippen LogP contribution in [0.25, 0.3) is 0 Å². The molecule has 1 aliphatic heterocycles. The van der Waals surface area contributed by atoms with E-state index in [0.29, 0.717) is 17.7 Å². The molecule has 28 heavy (non-hydrogen) atoms. The van der Waals surface area contributed by atoms with E-state index in [1.54, 1.807) is 6.07 Å². The minimum Gasteiger partial charge on any atom is -0.496 e. The summed E-state index contributed by atoms with van der Waals surface area (Å²) in [5.41, 5.74) is -0.0455. The first-order valence-electron chi connectivity index (χ1n) is 8.35. The monoisotopic (exact) mass is 472 g/mol. The number of hydrogen-bond acceptors (Lipinski definition) is 5. The highest BCUT2D eigenvalue weighted by Crippen LogP contribution is 2.27. The van der Waals surface area contributed by atoms with Crippen LogP contribution >= 0.6 is 15.9 Å². The van der Waals surface area contributed by atoms with Crippen molar-refractivity contribution in [1.82, 2.24) is 4.31 Å². The molecule has 0 spiro atoms. The smallest absolute Gasteiger partial charge is 0.259 e. The zero-order valence-electron chi connectivity index (χ0n) is 14.9. The van der Waals surface area contributed by atoms with Gasteiger partial charge in [-0.05, 0) is 36.4 Å². The van der Waals surface area contributed by atoms with E-state index in [2.05, 4.69) is 21.2 Å². The van der Waals surface area contributed by atoms with Gasteiger partial charge in [0.1, 0.15) is 11.6 Å². The number of ether oxygens (including phenoxy) is 2. The Balaban J connectivity index is 1.93. The van der Waals surface area contributed by atoms with Gasteiger partial charge in [-0.1, -0.05) is 15.9 Å². The third-order valence-electron chi connectivity index (χ3n) is 4.20. The third-order valence-corrected chi connectivity index (χ3v) is 6.59. The molecule has 3 rings (SSSR count). The largest absolute Gasteiger partial charge is 0.496 e. The van der Waals surface area contributed by atoms with Crippen LogP contribution in [0.4, 0.5) is 10.1 Å². The summed E-state index contributed by atoms with van der Waals surface area (Å²) >= 11 is 3.15. The van der Waals surface area contributed by atoms with Gasteiger partial charge in [0, 0.05) is 17.6 Å². The van der Waals surface area contributed by atoms with Crippen molar-refractivity contribution in [2.45, 2.75) is 4.90 Å². The summed E-state index contributed by atoms with van der Waals surface area (Å²) in [4.78, 5) is 12.6. The Morgan fingerprint density at radius 2 is 1.93 bits per heavy atom. The Kier molecular flexibility index (Phi) is 6.33. The van der Waals surface area contributed by atoms with E-state index in [1.807, 2.05) is 0 Å². The van der Waals surface area contributed by atoms with Gasteiger partial charge < -0.3 is 14.8 Å². The minimum atomic E-state index is -3.79. The molecule has 0 aliphatic carbocycles. The van der Waals surface area contributed by atoms with Crippen molar-refractivity contribution in [2.75, 3.05) is 38.7 Å². The molecular formula is C18H18BrFN2O5S. The van der Waals surface area contributed by atoms with Gasteiger partial charge in [0.15, 0.2) is 0 Å². The number of carbonyl (C=O) groups excluding carboxylic acids is 1. The molecule has 1 fully saturated rings. The van der Waals surface area contributed by atoms with E-state index in [0.717, 1.165) is 0 Å². The van der Waals surface area contributed by atoms with Gasteiger partial charge in [0.25, 0.3) is 5.91 Å². The number of nitrogens with one attached hydrogen (secondary N) is 1. The first-order valence-corrected chi connectivity index (χ1v) is 10.6. The number of anilines is 1. The highest BCUT2D eigenvalue weighted by molar-refractivity contribution is 9.10. The van der Waals surface area contributed by atoms with Crippen LogP contribution in [-0.2, 0) is 14.8 Å². The molecule has 2 aromatic rings. The van der Waals surface area contributed by atoms with E-state index < -0.39 is 21.7 Å². The third kappa shape index (κ3) is 4.35. The van der Waals surface area contributed by atoms with Gasteiger partial charge in [0.2, 0.25) is 10.0 Å². The number of benzene rings is 2. The molecule has 10 heteroatoms. The van der Waals surface area contributed by atoms with Gasteiger partial charge in [0.05, 0.1) is 36.5 Å². The van der Waals surface area contributed by atoms with Gasteiger partial charge in [-0.3, -0.25) is 4.79 Å². The van der Waals surface area contributed by atoms with E-state index in [-0.39, 0.29) is 35.0 Å². The quantitative estimate of drug-likeness (QED) is 0.722. The van der Waals surface area contributed by atoms with Crippen LogP contribution < -0.4 is 10.1 Å². The zero-order chi connectivity index (χ0) is 20.3. The second-order valence-corrected chi connectivity index (χ2v) is 8.81. The van der Waals surface area contributed by atoms with Crippen LogP contribution in [0.15, 0.2) is 45.8 Å². The zero-order valence-corrected chi connectivity index (χ0v) is 17.3. The number of carbonyl (C=O) groups is 1. The Bertz CT molecular complexity index is 993. The first-order chi connectivity index (χ1) is 13.3. The average Bonchev–Trinajstić information content (AvgIpc) is 2.70. The molecule has 1 heterocycles. The Morgan fingerprint density at radius 1 is 1.21 bits per heavy atom. The lowest BCUT2D eigenvalue weighted by Crippen LogP contribution is -2.40. The fraction of sp³-hybridized carbons (Fsp3) is 0.278. The summed E-state index contributed by atoms with van der Waals surface area (Å²) in [6.07, 6.45) is 0. The maximum Gasteiger partial charge on any atom is 0.259 e. The van der Waals surface area contributed by atoms with Crippen molar-refractivity contribution >= 4 is 37.5 Å². The number of morpholine rings is 1. The van der Waals surface area contributed by atoms with Crippen LogP contribution in [0.2, 0.25) is 0 Å². The Hall–Kier alpha value is -2.01. The summed E-state index contributed by atoms with van der Waals surface area (Å²) in [6.45, 7) is 1.09. The lowest BCUT2D eigenvalue weighted by molar-refractivity contribution is 0.0730. The van der Waals surface area contributed by atoms with Crippen LogP contribution in [0.3, 0.4) is 0 Å². The van der Waals surface area contributed by atoms with Crippen molar-refractivity contribution in [3.63, 3.8) is 0 Å². The molecule has 1 saturated heterocycles. The van der Waals surface area contributed by atoms with Crippen LogP contribution in [0.5, 0.6) is 5.75 Å². The number of sulfonamides is 1. The number of hydrogen-bond donors (Lipinski definition) is 1. The predicted octanol–water partition coefficient (Wildman–Crippen LogP) is 2.87. The predicted molar refractivity (Wildman–Crippen MR) is 105 cm³/mol. The summed E-state index contributed by atoms with van der Waals surface area (Å²) in [5.74, 6) is -1.13. The maximum absolute atomic E-state index is 14.0. The minimum absolute atomic E-state index is 0.0147. The lowest BCUT2D eigenvalue weighted by Gasteiger charge is -2.26. The number of methoxy groups -OCH3 is 1. The van der Waals surface area contributed by atoms with Crippen molar-refractivity contribution in [2.24, 2.45) is 0 Å². The maximum atomic E-state index is 14.0.